The zero-order chi connectivity index (χ0) is 12.5. The number of nitrogens with zero attached hydrogens (tertiary/aromatic N) is 5. The van der Waals surface area contributed by atoms with E-state index in [2.05, 4.69) is 35.8 Å². The molecular formula is C8H8N8S2. The molecule has 92 valence electrons. The van der Waals surface area contributed by atoms with E-state index in [0.29, 0.717) is 11.6 Å². The van der Waals surface area contributed by atoms with Gasteiger partial charge in [0.15, 0.2) is 9.99 Å². The maximum atomic E-state index is 5.33. The molecule has 0 aliphatic rings. The van der Waals surface area contributed by atoms with Crippen LogP contribution in [0.1, 0.15) is 5.01 Å². The Balaban J connectivity index is 2.06. The van der Waals surface area contributed by atoms with Crippen molar-refractivity contribution in [2.75, 3.05) is 5.43 Å². The van der Waals surface area contributed by atoms with Crippen LogP contribution < -0.4 is 11.3 Å². The summed E-state index contributed by atoms with van der Waals surface area (Å²) in [4.78, 5) is 8.44. The van der Waals surface area contributed by atoms with Crippen molar-refractivity contribution in [1.29, 1.82) is 0 Å². The third kappa shape index (κ3) is 2.00. The van der Waals surface area contributed by atoms with Crippen LogP contribution in [0.25, 0.3) is 11.0 Å². The maximum absolute atomic E-state index is 5.33. The molecule has 0 aliphatic heterocycles. The second-order valence-electron chi connectivity index (χ2n) is 3.32. The molecule has 0 aromatic carbocycles. The van der Waals surface area contributed by atoms with Gasteiger partial charge < -0.3 is 0 Å². The first-order chi connectivity index (χ1) is 8.76. The molecule has 0 atom stereocenters. The molecule has 0 amide bonds. The Hall–Kier alpha value is -1.78. The van der Waals surface area contributed by atoms with E-state index in [1.165, 1.54) is 23.1 Å². The van der Waals surface area contributed by atoms with Crippen molar-refractivity contribution < 1.29 is 0 Å². The molecule has 10 heteroatoms. The van der Waals surface area contributed by atoms with Crippen LogP contribution in [0.15, 0.2) is 15.6 Å². The highest BCUT2D eigenvalue weighted by atomic mass is 32.2. The number of hydrazine groups is 1. The molecular weight excluding hydrogens is 272 g/mol. The summed E-state index contributed by atoms with van der Waals surface area (Å²) in [5.74, 6) is 5.66. The van der Waals surface area contributed by atoms with Gasteiger partial charge in [-0.15, -0.1) is 10.2 Å². The number of nitrogen functional groups attached to an aromatic ring is 1. The molecule has 18 heavy (non-hydrogen) atoms. The molecule has 3 rings (SSSR count). The molecule has 8 nitrogen and oxygen atoms in total. The van der Waals surface area contributed by atoms with E-state index >= 15 is 0 Å². The van der Waals surface area contributed by atoms with Crippen molar-refractivity contribution in [2.24, 2.45) is 5.84 Å². The molecule has 3 heterocycles. The minimum Gasteiger partial charge on any atom is -0.292 e. The number of rotatable bonds is 3. The molecule has 0 saturated heterocycles. The van der Waals surface area contributed by atoms with Crippen molar-refractivity contribution in [3.8, 4) is 0 Å². The number of aromatic amines is 1. The number of nitrogens with two attached hydrogens (primary N) is 1. The second kappa shape index (κ2) is 4.48. The highest BCUT2D eigenvalue weighted by Crippen LogP contribution is 2.32. The fourth-order valence-corrected chi connectivity index (χ4v) is 3.17. The first-order valence-electron chi connectivity index (χ1n) is 4.92. The number of aryl methyl sites for hydroxylation is 1. The van der Waals surface area contributed by atoms with Crippen LogP contribution in [0, 0.1) is 6.92 Å². The van der Waals surface area contributed by atoms with Gasteiger partial charge in [-0.2, -0.15) is 10.1 Å². The van der Waals surface area contributed by atoms with Gasteiger partial charge in [0.05, 0.1) is 11.6 Å². The van der Waals surface area contributed by atoms with Crippen LogP contribution in [0.2, 0.25) is 0 Å². The molecule has 3 aromatic rings. The molecule has 0 saturated carbocycles. The van der Waals surface area contributed by atoms with Gasteiger partial charge in [-0.3, -0.25) is 10.5 Å². The number of nitrogens with one attached hydrogen (secondary N) is 2. The van der Waals surface area contributed by atoms with Crippen molar-refractivity contribution in [3.05, 3.63) is 11.2 Å². The second-order valence-corrected chi connectivity index (χ2v) is 5.74. The minimum atomic E-state index is 0.329. The first kappa shape index (κ1) is 11.3. The number of aromatic nitrogens is 6. The van der Waals surface area contributed by atoms with Crippen LogP contribution in [0.4, 0.5) is 5.95 Å². The number of hydrogen-bond donors (Lipinski definition) is 3. The number of anilines is 1. The molecule has 0 spiro atoms. The lowest BCUT2D eigenvalue weighted by Crippen LogP contribution is -2.10. The summed E-state index contributed by atoms with van der Waals surface area (Å²) in [6, 6.07) is 0. The lowest BCUT2D eigenvalue weighted by molar-refractivity contribution is 0.980. The zero-order valence-corrected chi connectivity index (χ0v) is 10.8. The van der Waals surface area contributed by atoms with Crippen LogP contribution in [-0.2, 0) is 0 Å². The van der Waals surface area contributed by atoms with Crippen LogP contribution in [0.3, 0.4) is 0 Å². The predicted molar refractivity (Wildman–Crippen MR) is 68.3 cm³/mol. The largest absolute Gasteiger partial charge is 0.292 e. The summed E-state index contributed by atoms with van der Waals surface area (Å²) >= 11 is 2.92. The molecule has 3 aromatic heterocycles. The Kier molecular flexibility index (Phi) is 2.81. The Morgan fingerprint density at radius 3 is 3.00 bits per heavy atom. The molecule has 0 unspecified atom stereocenters. The molecule has 0 bridgehead atoms. The van der Waals surface area contributed by atoms with E-state index in [1.807, 2.05) is 6.92 Å². The van der Waals surface area contributed by atoms with Crippen LogP contribution >= 0.6 is 23.1 Å². The lowest BCUT2D eigenvalue weighted by atomic mass is 10.4. The van der Waals surface area contributed by atoms with Gasteiger partial charge in [0.25, 0.3) is 0 Å². The average Bonchev–Trinajstić information content (AvgIpc) is 2.98. The Morgan fingerprint density at radius 1 is 1.39 bits per heavy atom. The monoisotopic (exact) mass is 280 g/mol. The maximum Gasteiger partial charge on any atom is 0.240 e. The van der Waals surface area contributed by atoms with Gasteiger partial charge in [-0.1, -0.05) is 11.3 Å². The minimum absolute atomic E-state index is 0.329. The van der Waals surface area contributed by atoms with Crippen molar-refractivity contribution in [3.63, 3.8) is 0 Å². The van der Waals surface area contributed by atoms with E-state index in [0.717, 1.165) is 19.8 Å². The SMILES string of the molecule is Cc1nnc(Sc2nc(NN)nc3[nH]ncc23)s1. The van der Waals surface area contributed by atoms with Crippen molar-refractivity contribution in [1.82, 2.24) is 30.4 Å². The lowest BCUT2D eigenvalue weighted by Gasteiger charge is -2.02. The third-order valence-corrected chi connectivity index (χ3v) is 3.99. The fraction of sp³-hybridized carbons (Fsp3) is 0.125. The topological polar surface area (TPSA) is 118 Å². The Labute approximate surface area is 109 Å². The fourth-order valence-electron chi connectivity index (χ4n) is 1.35. The quantitative estimate of drug-likeness (QED) is 0.368. The van der Waals surface area contributed by atoms with E-state index in [4.69, 9.17) is 5.84 Å². The van der Waals surface area contributed by atoms with Gasteiger partial charge >= 0.3 is 0 Å². The first-order valence-corrected chi connectivity index (χ1v) is 6.55. The van der Waals surface area contributed by atoms with Gasteiger partial charge in [0.1, 0.15) is 10.0 Å². The van der Waals surface area contributed by atoms with Crippen molar-refractivity contribution >= 4 is 40.1 Å². The van der Waals surface area contributed by atoms with Gasteiger partial charge in [-0.25, -0.2) is 10.8 Å². The zero-order valence-electron chi connectivity index (χ0n) is 9.21. The van der Waals surface area contributed by atoms with E-state index in [-0.39, 0.29) is 0 Å². The standard InChI is InChI=1S/C8H8N8S2/c1-3-14-16-8(17-3)18-6-4-2-10-15-5(4)11-7(12-6)13-9/h2H,9H2,1H3,(H2,10,11,12,13,15). The summed E-state index contributed by atoms with van der Waals surface area (Å²) in [6.45, 7) is 1.90. The number of fused-ring (bicyclic) bond motifs is 1. The molecule has 0 fully saturated rings. The Morgan fingerprint density at radius 2 is 2.28 bits per heavy atom. The number of hydrogen-bond acceptors (Lipinski definition) is 9. The average molecular weight is 280 g/mol. The van der Waals surface area contributed by atoms with Gasteiger partial charge in [0, 0.05) is 0 Å². The van der Waals surface area contributed by atoms with Crippen molar-refractivity contribution in [2.45, 2.75) is 16.3 Å². The molecule has 0 aliphatic carbocycles. The van der Waals surface area contributed by atoms with E-state index < -0.39 is 0 Å². The summed E-state index contributed by atoms with van der Waals surface area (Å²) in [5.41, 5.74) is 3.05. The smallest absolute Gasteiger partial charge is 0.240 e. The molecule has 4 N–H and O–H groups in total. The highest BCUT2D eigenvalue weighted by molar-refractivity contribution is 8.01. The van der Waals surface area contributed by atoms with E-state index in [1.54, 1.807) is 6.20 Å². The van der Waals surface area contributed by atoms with E-state index in [9.17, 15) is 0 Å². The predicted octanol–water partition coefficient (Wildman–Crippen LogP) is 0.950. The highest BCUT2D eigenvalue weighted by Gasteiger charge is 2.12. The van der Waals surface area contributed by atoms with Crippen LogP contribution in [0.5, 0.6) is 0 Å². The summed E-state index contributed by atoms with van der Waals surface area (Å²) in [6.07, 6.45) is 1.67. The summed E-state index contributed by atoms with van der Waals surface area (Å²) in [5, 5.41) is 17.2. The number of H-pyrrole nitrogens is 1. The normalized spacial score (nSPS) is 11.0. The molecule has 0 radical (unpaired) electrons. The summed E-state index contributed by atoms with van der Waals surface area (Å²) in [7, 11) is 0. The van der Waals surface area contributed by atoms with Gasteiger partial charge in [0.2, 0.25) is 5.95 Å². The Bertz CT molecular complexity index is 689. The third-order valence-electron chi connectivity index (χ3n) is 2.10. The summed E-state index contributed by atoms with van der Waals surface area (Å²) < 4.78 is 0.816. The van der Waals surface area contributed by atoms with Gasteiger partial charge in [-0.05, 0) is 18.7 Å². The van der Waals surface area contributed by atoms with Crippen LogP contribution in [-0.4, -0.2) is 30.4 Å².